The summed E-state index contributed by atoms with van der Waals surface area (Å²) in [5.74, 6) is 5.19. The maximum Gasteiger partial charge on any atom is 0.416 e. The largest absolute Gasteiger partial charge is 0.497 e. The van der Waals surface area contributed by atoms with Crippen LogP contribution in [0.3, 0.4) is 0 Å². The molecule has 0 spiro atoms. The molecule has 1 saturated heterocycles. The Hall–Kier alpha value is -3.77. The Morgan fingerprint density at radius 1 is 1.20 bits per heavy atom. The predicted molar refractivity (Wildman–Crippen MR) is 149 cm³/mol. The van der Waals surface area contributed by atoms with Crippen molar-refractivity contribution in [2.75, 3.05) is 33.8 Å². The number of esters is 1. The third-order valence-electron chi connectivity index (χ3n) is 8.41. The van der Waals surface area contributed by atoms with Crippen molar-refractivity contribution < 1.29 is 32.2 Å². The summed E-state index contributed by atoms with van der Waals surface area (Å²) in [5, 5.41) is 0. The number of rotatable bonds is 6. The molecule has 1 aliphatic heterocycles. The second-order valence-electron chi connectivity index (χ2n) is 10.8. The van der Waals surface area contributed by atoms with E-state index in [0.717, 1.165) is 24.2 Å². The number of halogens is 3. The Kier molecular flexibility index (Phi) is 8.83. The van der Waals surface area contributed by atoms with Gasteiger partial charge in [-0.3, -0.25) is 14.5 Å². The molecule has 2 aliphatic rings. The number of carbonyl (C=O) groups excluding carboxylic acids is 2. The summed E-state index contributed by atoms with van der Waals surface area (Å²) in [6.07, 6.45) is -0.244. The Bertz CT molecular complexity index is 1350. The van der Waals surface area contributed by atoms with Crippen LogP contribution >= 0.6 is 0 Å². The van der Waals surface area contributed by atoms with Crippen molar-refractivity contribution in [2.45, 2.75) is 55.8 Å². The Morgan fingerprint density at radius 2 is 1.93 bits per heavy atom. The molecular weight excluding hydrogens is 533 g/mol. The molecule has 0 bridgehead atoms. The molecule has 3 atom stereocenters. The van der Waals surface area contributed by atoms with E-state index in [2.05, 4.69) is 23.3 Å². The number of piperidine rings is 1. The van der Waals surface area contributed by atoms with Crippen LogP contribution in [0.2, 0.25) is 0 Å². The number of alkyl halides is 3. The summed E-state index contributed by atoms with van der Waals surface area (Å²) in [4.78, 5) is 29.5. The molecule has 0 radical (unpaired) electrons. The van der Waals surface area contributed by atoms with Crippen molar-refractivity contribution in [2.24, 2.45) is 0 Å². The number of ether oxygens (including phenoxy) is 2. The summed E-state index contributed by atoms with van der Waals surface area (Å²) in [6, 6.07) is 12.0. The highest BCUT2D eigenvalue weighted by atomic mass is 19.4. The smallest absolute Gasteiger partial charge is 0.416 e. The van der Waals surface area contributed by atoms with Gasteiger partial charge in [0, 0.05) is 50.0 Å². The summed E-state index contributed by atoms with van der Waals surface area (Å²) in [5.41, 5.74) is -0.883. The van der Waals surface area contributed by atoms with Crippen LogP contribution in [0.4, 0.5) is 13.2 Å². The second kappa shape index (κ2) is 12.0. The number of likely N-dealkylation sites (tertiary alicyclic amines) is 1. The van der Waals surface area contributed by atoms with Crippen LogP contribution in [0, 0.1) is 11.8 Å². The number of hydrogen-bond donors (Lipinski definition) is 0. The van der Waals surface area contributed by atoms with Crippen molar-refractivity contribution in [3.63, 3.8) is 0 Å². The fourth-order valence-electron chi connectivity index (χ4n) is 6.37. The highest BCUT2D eigenvalue weighted by molar-refractivity contribution is 5.94. The molecule has 1 aliphatic carbocycles. The highest BCUT2D eigenvalue weighted by Crippen LogP contribution is 2.54. The van der Waals surface area contributed by atoms with E-state index in [4.69, 9.17) is 9.47 Å². The summed E-state index contributed by atoms with van der Waals surface area (Å²) < 4.78 is 50.4. The quantitative estimate of drug-likeness (QED) is 0.272. The van der Waals surface area contributed by atoms with E-state index in [0.29, 0.717) is 50.1 Å². The number of carbonyl (C=O) groups is 2. The van der Waals surface area contributed by atoms with Crippen molar-refractivity contribution in [1.82, 2.24) is 9.80 Å². The van der Waals surface area contributed by atoms with E-state index in [1.54, 1.807) is 19.1 Å². The van der Waals surface area contributed by atoms with Gasteiger partial charge in [0.1, 0.15) is 11.4 Å². The maximum absolute atomic E-state index is 13.2. The SMILES string of the molecule is C=CCN1CC[C@@]2(c3cccc(OC)c3)C[C@H](N(C)C(=O)C#Cc3ccc(C(F)(F)F)cc3)CC[C@]2(OC(C)=O)C1. The third kappa shape index (κ3) is 6.28. The predicted octanol–water partition coefficient (Wildman–Crippen LogP) is 5.21. The molecule has 0 aromatic heterocycles. The maximum atomic E-state index is 13.2. The first kappa shape index (κ1) is 30.2. The number of nitrogens with zero attached hydrogens (tertiary/aromatic N) is 2. The molecule has 218 valence electrons. The topological polar surface area (TPSA) is 59.1 Å². The van der Waals surface area contributed by atoms with Crippen LogP contribution in [0.15, 0.2) is 61.2 Å². The zero-order chi connectivity index (χ0) is 29.8. The molecular formula is C32H35F3N2O4. The van der Waals surface area contributed by atoms with Gasteiger partial charge in [0.25, 0.3) is 5.91 Å². The molecule has 1 saturated carbocycles. The molecule has 1 amide bonds. The van der Waals surface area contributed by atoms with Gasteiger partial charge in [0.2, 0.25) is 0 Å². The summed E-state index contributed by atoms with van der Waals surface area (Å²) in [6.45, 7) is 7.26. The van der Waals surface area contributed by atoms with Crippen molar-refractivity contribution >= 4 is 11.9 Å². The molecule has 6 nitrogen and oxygen atoms in total. The lowest BCUT2D eigenvalue weighted by Gasteiger charge is -2.60. The summed E-state index contributed by atoms with van der Waals surface area (Å²) >= 11 is 0. The van der Waals surface area contributed by atoms with Crippen LogP contribution in [0.25, 0.3) is 0 Å². The van der Waals surface area contributed by atoms with Gasteiger partial charge in [-0.2, -0.15) is 13.2 Å². The minimum absolute atomic E-state index is 0.203. The van der Waals surface area contributed by atoms with Crippen LogP contribution in [-0.4, -0.2) is 67.1 Å². The Balaban J connectivity index is 1.66. The second-order valence-corrected chi connectivity index (χ2v) is 10.8. The van der Waals surface area contributed by atoms with Crippen molar-refractivity contribution in [1.29, 1.82) is 0 Å². The molecule has 0 unspecified atom stereocenters. The Labute approximate surface area is 239 Å². The Morgan fingerprint density at radius 3 is 2.56 bits per heavy atom. The van der Waals surface area contributed by atoms with Gasteiger partial charge in [-0.15, -0.1) is 6.58 Å². The first-order chi connectivity index (χ1) is 19.4. The lowest BCUT2D eigenvalue weighted by Crippen LogP contribution is -2.68. The monoisotopic (exact) mass is 568 g/mol. The zero-order valence-electron chi connectivity index (χ0n) is 23.6. The van der Waals surface area contributed by atoms with E-state index < -0.39 is 28.7 Å². The fraction of sp³-hybridized carbons (Fsp3) is 0.438. The van der Waals surface area contributed by atoms with Gasteiger partial charge in [-0.25, -0.2) is 0 Å². The van der Waals surface area contributed by atoms with E-state index in [9.17, 15) is 22.8 Å². The molecule has 1 heterocycles. The standard InChI is InChI=1S/C32H35F3N2O4/c1-5-18-37-19-17-30(26-7-6-8-28(20-26)40-4)21-27(15-16-31(30,22-37)41-23(2)38)36(3)29(39)14-11-24-9-12-25(13-10-24)32(33,34)35/h5-10,12-13,20,27H,1,15-19,21-22H2,2-4H3/t27-,30+,31+/m1/s1. The number of methoxy groups -OCH3 is 1. The van der Waals surface area contributed by atoms with Gasteiger partial charge in [-0.05, 0) is 74.2 Å². The van der Waals surface area contributed by atoms with E-state index in [-0.39, 0.29) is 12.0 Å². The number of hydrogen-bond acceptors (Lipinski definition) is 5. The minimum atomic E-state index is -4.44. The normalized spacial score (nSPS) is 24.3. The number of fused-ring (bicyclic) bond motifs is 1. The molecule has 0 N–H and O–H groups in total. The minimum Gasteiger partial charge on any atom is -0.497 e. The average Bonchev–Trinajstić information content (AvgIpc) is 2.94. The lowest BCUT2D eigenvalue weighted by molar-refractivity contribution is -0.189. The number of amides is 1. The van der Waals surface area contributed by atoms with E-state index in [1.807, 2.05) is 30.3 Å². The first-order valence-corrected chi connectivity index (χ1v) is 13.6. The van der Waals surface area contributed by atoms with Crippen LogP contribution in [0.1, 0.15) is 49.3 Å². The van der Waals surface area contributed by atoms with Gasteiger partial charge in [0.05, 0.1) is 12.7 Å². The number of benzene rings is 2. The molecule has 2 fully saturated rings. The van der Waals surface area contributed by atoms with Crippen LogP contribution in [-0.2, 0) is 25.9 Å². The molecule has 2 aromatic carbocycles. The third-order valence-corrected chi connectivity index (χ3v) is 8.41. The molecule has 2 aromatic rings. The molecule has 4 rings (SSSR count). The van der Waals surface area contributed by atoms with E-state index >= 15 is 0 Å². The van der Waals surface area contributed by atoms with Gasteiger partial charge < -0.3 is 14.4 Å². The van der Waals surface area contributed by atoms with Gasteiger partial charge in [0.15, 0.2) is 0 Å². The van der Waals surface area contributed by atoms with Crippen LogP contribution < -0.4 is 4.74 Å². The zero-order valence-corrected chi connectivity index (χ0v) is 23.6. The first-order valence-electron chi connectivity index (χ1n) is 13.6. The van der Waals surface area contributed by atoms with Crippen molar-refractivity contribution in [3.8, 4) is 17.6 Å². The lowest BCUT2D eigenvalue weighted by atomic mass is 9.55. The molecule has 9 heteroatoms. The van der Waals surface area contributed by atoms with Gasteiger partial charge >= 0.3 is 12.1 Å². The average molecular weight is 569 g/mol. The van der Waals surface area contributed by atoms with Crippen LogP contribution in [0.5, 0.6) is 5.75 Å². The fourth-order valence-corrected chi connectivity index (χ4v) is 6.37. The van der Waals surface area contributed by atoms with Crippen molar-refractivity contribution in [3.05, 3.63) is 77.9 Å². The molecule has 41 heavy (non-hydrogen) atoms. The summed E-state index contributed by atoms with van der Waals surface area (Å²) in [7, 11) is 3.30. The van der Waals surface area contributed by atoms with Gasteiger partial charge in [-0.1, -0.05) is 24.1 Å². The van der Waals surface area contributed by atoms with E-state index in [1.165, 1.54) is 19.1 Å². The highest BCUT2D eigenvalue weighted by Gasteiger charge is 2.61.